The molecule has 0 unspecified atom stereocenters. The molecule has 0 bridgehead atoms. The number of benzene rings is 2. The Morgan fingerprint density at radius 2 is 1.65 bits per heavy atom. The first-order chi connectivity index (χ1) is 15.0. The van der Waals surface area contributed by atoms with Crippen LogP contribution in [-0.2, 0) is 0 Å². The van der Waals surface area contributed by atoms with Gasteiger partial charge in [-0.3, -0.25) is 4.79 Å². The van der Waals surface area contributed by atoms with Crippen molar-refractivity contribution in [2.24, 2.45) is 0 Å². The normalized spacial score (nSPS) is 13.7. The fourth-order valence-electron chi connectivity index (χ4n) is 3.57. The van der Waals surface area contributed by atoms with Crippen molar-refractivity contribution in [3.05, 3.63) is 71.2 Å². The number of rotatable bonds is 5. The Labute approximate surface area is 181 Å². The average Bonchev–Trinajstić information content (AvgIpc) is 2.77. The van der Waals surface area contributed by atoms with Crippen LogP contribution in [0.2, 0.25) is 0 Å². The summed E-state index contributed by atoms with van der Waals surface area (Å²) in [4.78, 5) is 23.9. The summed E-state index contributed by atoms with van der Waals surface area (Å²) in [6.45, 7) is 5.61. The second-order valence-electron chi connectivity index (χ2n) is 7.86. The van der Waals surface area contributed by atoms with Gasteiger partial charge in [-0.05, 0) is 75.1 Å². The Kier molecular flexibility index (Phi) is 6.11. The summed E-state index contributed by atoms with van der Waals surface area (Å²) >= 11 is 0. The van der Waals surface area contributed by atoms with Crippen LogP contribution in [0, 0.1) is 19.7 Å². The number of aryl methyl sites for hydroxylation is 2. The highest BCUT2D eigenvalue weighted by atomic mass is 19.1. The third-order valence-corrected chi connectivity index (χ3v) is 5.33. The molecule has 6 nitrogen and oxygen atoms in total. The molecule has 0 saturated carbocycles. The Morgan fingerprint density at radius 1 is 0.935 bits per heavy atom. The molecule has 1 amide bonds. The van der Waals surface area contributed by atoms with E-state index in [-0.39, 0.29) is 11.5 Å². The number of hydrogen-bond acceptors (Lipinski definition) is 5. The summed E-state index contributed by atoms with van der Waals surface area (Å²) in [6.07, 6.45) is 3.60. The van der Waals surface area contributed by atoms with Gasteiger partial charge in [-0.1, -0.05) is 6.07 Å². The van der Waals surface area contributed by atoms with Crippen molar-refractivity contribution in [3.63, 3.8) is 0 Å². The fourth-order valence-corrected chi connectivity index (χ4v) is 3.57. The number of anilines is 4. The lowest BCUT2D eigenvalue weighted by Gasteiger charge is -2.27. The SMILES string of the molecule is Cc1cc(Nc2ccc(NC(=O)c3ccc(C)c(F)c3)cc2)nc(N2CCCCC2)n1. The van der Waals surface area contributed by atoms with Crippen molar-refractivity contribution in [3.8, 4) is 0 Å². The van der Waals surface area contributed by atoms with Gasteiger partial charge in [0, 0.05) is 41.8 Å². The van der Waals surface area contributed by atoms with Crippen molar-refractivity contribution in [2.75, 3.05) is 28.6 Å². The third-order valence-electron chi connectivity index (χ3n) is 5.33. The zero-order chi connectivity index (χ0) is 21.8. The number of aromatic nitrogens is 2. The first kappa shape index (κ1) is 20.8. The molecule has 2 heterocycles. The van der Waals surface area contributed by atoms with E-state index in [1.54, 1.807) is 31.2 Å². The lowest BCUT2D eigenvalue weighted by atomic mass is 10.1. The lowest BCUT2D eigenvalue weighted by Crippen LogP contribution is -2.31. The third kappa shape index (κ3) is 5.17. The molecule has 0 radical (unpaired) electrons. The Morgan fingerprint density at radius 3 is 2.35 bits per heavy atom. The number of carbonyl (C=O) groups is 1. The molecule has 0 aliphatic carbocycles. The van der Waals surface area contributed by atoms with E-state index in [0.29, 0.717) is 11.3 Å². The molecule has 1 fully saturated rings. The maximum absolute atomic E-state index is 13.7. The number of halogens is 1. The number of amides is 1. The molecule has 7 heteroatoms. The highest BCUT2D eigenvalue weighted by molar-refractivity contribution is 6.04. The number of hydrogen-bond donors (Lipinski definition) is 2. The van der Waals surface area contributed by atoms with Crippen LogP contribution in [0.15, 0.2) is 48.5 Å². The average molecular weight is 420 g/mol. The molecule has 1 saturated heterocycles. The maximum atomic E-state index is 13.7. The van der Waals surface area contributed by atoms with E-state index in [9.17, 15) is 9.18 Å². The van der Waals surface area contributed by atoms with Gasteiger partial charge in [0.2, 0.25) is 5.95 Å². The predicted molar refractivity (Wildman–Crippen MR) is 122 cm³/mol. The minimum absolute atomic E-state index is 0.284. The van der Waals surface area contributed by atoms with Crippen LogP contribution in [0.5, 0.6) is 0 Å². The topological polar surface area (TPSA) is 70.2 Å². The number of piperidine rings is 1. The van der Waals surface area contributed by atoms with Crippen LogP contribution in [0.4, 0.5) is 27.5 Å². The van der Waals surface area contributed by atoms with Gasteiger partial charge in [-0.15, -0.1) is 0 Å². The van der Waals surface area contributed by atoms with E-state index in [1.165, 1.54) is 25.3 Å². The molecule has 160 valence electrons. The van der Waals surface area contributed by atoms with Gasteiger partial charge >= 0.3 is 0 Å². The molecular weight excluding hydrogens is 393 g/mol. The summed E-state index contributed by atoms with van der Waals surface area (Å²) in [6, 6.07) is 13.7. The molecular formula is C24H26FN5O. The van der Waals surface area contributed by atoms with Crippen LogP contribution in [-0.4, -0.2) is 29.0 Å². The lowest BCUT2D eigenvalue weighted by molar-refractivity contribution is 0.102. The minimum atomic E-state index is -0.392. The summed E-state index contributed by atoms with van der Waals surface area (Å²) < 4.78 is 13.7. The Balaban J connectivity index is 1.43. The molecule has 3 aromatic rings. The zero-order valence-electron chi connectivity index (χ0n) is 17.8. The summed E-state index contributed by atoms with van der Waals surface area (Å²) in [5, 5.41) is 6.10. The molecule has 2 aromatic carbocycles. The molecule has 2 N–H and O–H groups in total. The summed E-state index contributed by atoms with van der Waals surface area (Å²) in [7, 11) is 0. The Bertz CT molecular complexity index is 1080. The number of carbonyl (C=O) groups excluding carboxylic acids is 1. The predicted octanol–water partition coefficient (Wildman–Crippen LogP) is 5.22. The van der Waals surface area contributed by atoms with Gasteiger partial charge in [-0.2, -0.15) is 4.98 Å². The van der Waals surface area contributed by atoms with E-state index in [0.717, 1.165) is 36.2 Å². The molecule has 4 rings (SSSR count). The van der Waals surface area contributed by atoms with Crippen LogP contribution < -0.4 is 15.5 Å². The molecule has 1 aromatic heterocycles. The molecule has 0 atom stereocenters. The highest BCUT2D eigenvalue weighted by Gasteiger charge is 2.15. The van der Waals surface area contributed by atoms with Crippen molar-refractivity contribution in [1.82, 2.24) is 9.97 Å². The number of nitrogens with zero attached hydrogens (tertiary/aromatic N) is 3. The van der Waals surface area contributed by atoms with Crippen LogP contribution in [0.25, 0.3) is 0 Å². The van der Waals surface area contributed by atoms with Crippen molar-refractivity contribution in [1.29, 1.82) is 0 Å². The monoisotopic (exact) mass is 419 g/mol. The van der Waals surface area contributed by atoms with E-state index in [2.05, 4.69) is 25.5 Å². The first-order valence-corrected chi connectivity index (χ1v) is 10.5. The standard InChI is InChI=1S/C24H26FN5O/c1-16-6-7-18(15-21(16)25)23(31)28-20-10-8-19(9-11-20)27-22-14-17(2)26-24(29-22)30-12-4-3-5-13-30/h6-11,14-15H,3-5,12-13H2,1-2H3,(H,28,31)(H,26,27,29). The molecule has 1 aliphatic rings. The molecule has 31 heavy (non-hydrogen) atoms. The largest absolute Gasteiger partial charge is 0.341 e. The van der Waals surface area contributed by atoms with Crippen LogP contribution >= 0.6 is 0 Å². The smallest absolute Gasteiger partial charge is 0.255 e. The van der Waals surface area contributed by atoms with Gasteiger partial charge in [-0.25, -0.2) is 9.37 Å². The van der Waals surface area contributed by atoms with Gasteiger partial charge in [0.1, 0.15) is 11.6 Å². The zero-order valence-corrected chi connectivity index (χ0v) is 17.8. The Hall–Kier alpha value is -3.48. The second kappa shape index (κ2) is 9.12. The summed E-state index contributed by atoms with van der Waals surface area (Å²) in [5.74, 6) is 0.755. The van der Waals surface area contributed by atoms with Crippen molar-refractivity contribution in [2.45, 2.75) is 33.1 Å². The maximum Gasteiger partial charge on any atom is 0.255 e. The van der Waals surface area contributed by atoms with Gasteiger partial charge < -0.3 is 15.5 Å². The number of nitrogens with one attached hydrogen (secondary N) is 2. The van der Waals surface area contributed by atoms with Gasteiger partial charge in [0.25, 0.3) is 5.91 Å². The molecule has 1 aliphatic heterocycles. The first-order valence-electron chi connectivity index (χ1n) is 10.5. The van der Waals surface area contributed by atoms with E-state index in [1.807, 2.05) is 25.1 Å². The van der Waals surface area contributed by atoms with E-state index >= 15 is 0 Å². The van der Waals surface area contributed by atoms with E-state index < -0.39 is 5.82 Å². The van der Waals surface area contributed by atoms with Gasteiger partial charge in [0.15, 0.2) is 0 Å². The van der Waals surface area contributed by atoms with Crippen molar-refractivity contribution < 1.29 is 9.18 Å². The second-order valence-corrected chi connectivity index (χ2v) is 7.86. The quantitative estimate of drug-likeness (QED) is 0.593. The molecule has 0 spiro atoms. The van der Waals surface area contributed by atoms with Gasteiger partial charge in [0.05, 0.1) is 0 Å². The van der Waals surface area contributed by atoms with Crippen LogP contribution in [0.3, 0.4) is 0 Å². The fraction of sp³-hybridized carbons (Fsp3) is 0.292. The minimum Gasteiger partial charge on any atom is -0.341 e. The van der Waals surface area contributed by atoms with Crippen LogP contribution in [0.1, 0.15) is 40.9 Å². The highest BCUT2D eigenvalue weighted by Crippen LogP contribution is 2.22. The van der Waals surface area contributed by atoms with Crippen molar-refractivity contribution >= 4 is 29.0 Å². The van der Waals surface area contributed by atoms with E-state index in [4.69, 9.17) is 0 Å². The summed E-state index contributed by atoms with van der Waals surface area (Å²) in [5.41, 5.74) is 3.18.